The lowest BCUT2D eigenvalue weighted by molar-refractivity contribution is -0.117. The van der Waals surface area contributed by atoms with Crippen molar-refractivity contribution in [2.45, 2.75) is 64.3 Å². The summed E-state index contributed by atoms with van der Waals surface area (Å²) >= 11 is 0. The Kier molecular flexibility index (Phi) is 11.8. The van der Waals surface area contributed by atoms with Gasteiger partial charge in [0.15, 0.2) is 24.0 Å². The molecule has 1 saturated heterocycles. The van der Waals surface area contributed by atoms with Gasteiger partial charge >= 0.3 is 24.0 Å². The molecule has 2 heterocycles. The maximum Gasteiger partial charge on any atom is 0.509 e. The highest BCUT2D eigenvalue weighted by Crippen LogP contribution is 2.31. The molecule has 0 saturated carbocycles. The number of urea groups is 1. The first-order valence-electron chi connectivity index (χ1n) is 13.3. The number of ether oxygens (including phenoxy) is 4. The van der Waals surface area contributed by atoms with E-state index in [-0.39, 0.29) is 19.8 Å². The molecule has 43 heavy (non-hydrogen) atoms. The van der Waals surface area contributed by atoms with Crippen molar-refractivity contribution in [2.24, 2.45) is 5.73 Å². The Labute approximate surface area is 244 Å². The fourth-order valence-corrected chi connectivity index (χ4v) is 3.89. The predicted octanol–water partition coefficient (Wildman–Crippen LogP) is 1.73. The molecule has 1 aromatic heterocycles. The van der Waals surface area contributed by atoms with Gasteiger partial charge < -0.3 is 40.4 Å². The lowest BCUT2D eigenvalue weighted by Gasteiger charge is -2.19. The molecule has 0 aliphatic carbocycles. The number of halogens is 1. The number of carbonyl (C=O) groups is 4. The van der Waals surface area contributed by atoms with Crippen molar-refractivity contribution < 1.29 is 47.6 Å². The van der Waals surface area contributed by atoms with Gasteiger partial charge in [0, 0.05) is 5.69 Å². The third-order valence-electron chi connectivity index (χ3n) is 6.05. The highest BCUT2D eigenvalue weighted by atomic mass is 19.1. The van der Waals surface area contributed by atoms with Gasteiger partial charge in [0.25, 0.3) is 0 Å². The molecule has 4 amide bonds. The number of nitrogens with zero attached hydrogens (tertiary/aromatic N) is 2. The van der Waals surface area contributed by atoms with Gasteiger partial charge in [-0.15, -0.1) is 0 Å². The standard InChI is InChI=1S/C26H33FN6O10/c1-3-4-5-10-40-25(38)32-21-17(27)12-33(24(37)31-21)22-19(35)20(14(2)42-22)43-26(39)41-13-15-6-8-16(9-7-15)30-23(36)29-11-18(28)34/h6-9,12,14,19-20,22,35H,3-5,10-11,13H2,1-2H3,(H2,28,34)(H2,29,30,36)(H,31,32,37,38)/t14-,19-,20-,22-/m1/s1. The quantitative estimate of drug-likeness (QED) is 0.172. The molecule has 2 aromatic rings. The number of anilines is 2. The van der Waals surface area contributed by atoms with E-state index in [2.05, 4.69) is 20.9 Å². The summed E-state index contributed by atoms with van der Waals surface area (Å²) in [4.78, 5) is 62.6. The topological polar surface area (TPSA) is 222 Å². The van der Waals surface area contributed by atoms with Gasteiger partial charge in [0.1, 0.15) is 12.7 Å². The summed E-state index contributed by atoms with van der Waals surface area (Å²) in [7, 11) is 0. The van der Waals surface area contributed by atoms with Crippen molar-refractivity contribution in [3.8, 4) is 0 Å². The number of benzene rings is 1. The van der Waals surface area contributed by atoms with Crippen LogP contribution in [0.3, 0.4) is 0 Å². The molecule has 1 aliphatic heterocycles. The Morgan fingerprint density at radius 3 is 2.53 bits per heavy atom. The largest absolute Gasteiger partial charge is 0.509 e. The minimum Gasteiger partial charge on any atom is -0.449 e. The van der Waals surface area contributed by atoms with Gasteiger partial charge in [-0.05, 0) is 31.0 Å². The number of hydrogen-bond acceptors (Lipinski definition) is 11. The van der Waals surface area contributed by atoms with Crippen LogP contribution in [-0.4, -0.2) is 70.3 Å². The molecule has 0 radical (unpaired) electrons. The van der Waals surface area contributed by atoms with E-state index in [9.17, 15) is 33.5 Å². The molecule has 16 nitrogen and oxygen atoms in total. The number of nitrogens with one attached hydrogen (secondary N) is 3. The van der Waals surface area contributed by atoms with E-state index in [0.717, 1.165) is 12.8 Å². The number of aliphatic hydroxyl groups is 1. The van der Waals surface area contributed by atoms with Crippen LogP contribution in [0.5, 0.6) is 0 Å². The Hall–Kier alpha value is -4.77. The zero-order valence-corrected chi connectivity index (χ0v) is 23.4. The highest BCUT2D eigenvalue weighted by Gasteiger charge is 2.46. The molecule has 234 valence electrons. The molecule has 0 bridgehead atoms. The van der Waals surface area contributed by atoms with Crippen LogP contribution in [0.2, 0.25) is 0 Å². The molecule has 3 rings (SSSR count). The van der Waals surface area contributed by atoms with Crippen molar-refractivity contribution in [1.29, 1.82) is 0 Å². The maximum absolute atomic E-state index is 14.7. The Balaban J connectivity index is 1.53. The SMILES string of the molecule is CCCCCOC(=O)Nc1nc(=O)n([C@@H]2O[C@H](C)[C@@H](OC(=O)OCc3ccc(NC(=O)NCC(N)=O)cc3)[C@H]2O)cc1F. The van der Waals surface area contributed by atoms with Crippen LogP contribution in [-0.2, 0) is 30.3 Å². The van der Waals surface area contributed by atoms with Gasteiger partial charge in [-0.3, -0.25) is 14.7 Å². The first-order chi connectivity index (χ1) is 20.5. The Bertz CT molecular complexity index is 1350. The zero-order valence-electron chi connectivity index (χ0n) is 23.4. The fraction of sp³-hybridized carbons (Fsp3) is 0.462. The maximum atomic E-state index is 14.7. The monoisotopic (exact) mass is 608 g/mol. The number of amides is 4. The number of nitrogens with two attached hydrogens (primary N) is 1. The van der Waals surface area contributed by atoms with Crippen LogP contribution in [0.15, 0.2) is 35.3 Å². The van der Waals surface area contributed by atoms with Crippen LogP contribution in [0, 0.1) is 5.82 Å². The average molecular weight is 609 g/mol. The number of unbranched alkanes of at least 4 members (excludes halogenated alkanes) is 2. The molecule has 0 unspecified atom stereocenters. The van der Waals surface area contributed by atoms with Crippen molar-refractivity contribution in [3.63, 3.8) is 0 Å². The molecule has 1 aromatic carbocycles. The minimum absolute atomic E-state index is 0.118. The highest BCUT2D eigenvalue weighted by molar-refractivity contribution is 5.91. The van der Waals surface area contributed by atoms with Gasteiger partial charge in [-0.25, -0.2) is 23.6 Å². The lowest BCUT2D eigenvalue weighted by atomic mass is 10.1. The number of aliphatic hydroxyl groups excluding tert-OH is 1. The normalized spacial score (nSPS) is 19.3. The van der Waals surface area contributed by atoms with Crippen molar-refractivity contribution in [3.05, 3.63) is 52.3 Å². The lowest BCUT2D eigenvalue weighted by Crippen LogP contribution is -2.38. The van der Waals surface area contributed by atoms with Crippen LogP contribution in [0.1, 0.15) is 44.9 Å². The van der Waals surface area contributed by atoms with E-state index >= 15 is 0 Å². The number of rotatable bonds is 12. The molecule has 6 N–H and O–H groups in total. The second kappa shape index (κ2) is 15.5. The summed E-state index contributed by atoms with van der Waals surface area (Å²) in [6, 6.07) is 5.53. The third kappa shape index (κ3) is 9.64. The van der Waals surface area contributed by atoms with E-state index in [1.165, 1.54) is 19.1 Å². The molecule has 4 atom stereocenters. The Morgan fingerprint density at radius 1 is 1.14 bits per heavy atom. The smallest absolute Gasteiger partial charge is 0.449 e. The van der Waals surface area contributed by atoms with Crippen molar-refractivity contribution in [2.75, 3.05) is 23.8 Å². The van der Waals surface area contributed by atoms with Gasteiger partial charge in [0.2, 0.25) is 5.91 Å². The first kappa shape index (κ1) is 32.7. The molecule has 1 aliphatic rings. The summed E-state index contributed by atoms with van der Waals surface area (Å²) in [5.41, 5.74) is 4.83. The van der Waals surface area contributed by atoms with E-state index < -0.39 is 66.1 Å². The zero-order chi connectivity index (χ0) is 31.5. The molecule has 0 spiro atoms. The summed E-state index contributed by atoms with van der Waals surface area (Å²) in [6.07, 6.45) is -4.32. The molecular weight excluding hydrogens is 575 g/mol. The third-order valence-corrected chi connectivity index (χ3v) is 6.05. The van der Waals surface area contributed by atoms with Gasteiger partial charge in [-0.2, -0.15) is 4.98 Å². The van der Waals surface area contributed by atoms with Crippen molar-refractivity contribution >= 4 is 35.7 Å². The van der Waals surface area contributed by atoms with E-state index in [4.69, 9.17) is 24.7 Å². The number of hydrogen-bond donors (Lipinski definition) is 5. The molecule has 1 fully saturated rings. The first-order valence-corrected chi connectivity index (χ1v) is 13.3. The summed E-state index contributed by atoms with van der Waals surface area (Å²) in [5, 5.41) is 17.5. The summed E-state index contributed by atoms with van der Waals surface area (Å²) < 4.78 is 36.1. The van der Waals surface area contributed by atoms with Crippen LogP contribution in [0.4, 0.5) is 30.3 Å². The van der Waals surface area contributed by atoms with Gasteiger partial charge in [-0.1, -0.05) is 31.9 Å². The molecule has 17 heteroatoms. The van der Waals surface area contributed by atoms with E-state index in [1.54, 1.807) is 12.1 Å². The Morgan fingerprint density at radius 2 is 1.86 bits per heavy atom. The fourth-order valence-electron chi connectivity index (χ4n) is 3.89. The summed E-state index contributed by atoms with van der Waals surface area (Å²) in [5.74, 6) is -2.45. The summed E-state index contributed by atoms with van der Waals surface area (Å²) in [6.45, 7) is 3.01. The van der Waals surface area contributed by atoms with Crippen LogP contribution < -0.4 is 27.4 Å². The second-order valence-electron chi connectivity index (χ2n) is 9.41. The average Bonchev–Trinajstić information content (AvgIpc) is 3.23. The van der Waals surface area contributed by atoms with E-state index in [0.29, 0.717) is 28.4 Å². The predicted molar refractivity (Wildman–Crippen MR) is 146 cm³/mol. The minimum atomic E-state index is -1.60. The van der Waals surface area contributed by atoms with Crippen LogP contribution in [0.25, 0.3) is 0 Å². The van der Waals surface area contributed by atoms with Crippen molar-refractivity contribution in [1.82, 2.24) is 14.9 Å². The van der Waals surface area contributed by atoms with Gasteiger partial charge in [0.05, 0.1) is 25.5 Å². The number of aromatic nitrogens is 2. The molecular formula is C26H33FN6O10. The second-order valence-corrected chi connectivity index (χ2v) is 9.41. The number of primary amides is 1. The number of carbonyl (C=O) groups excluding carboxylic acids is 4. The van der Waals surface area contributed by atoms with E-state index in [1.807, 2.05) is 6.92 Å². The van der Waals surface area contributed by atoms with Crippen LogP contribution >= 0.6 is 0 Å².